The van der Waals surface area contributed by atoms with E-state index in [9.17, 15) is 0 Å². The van der Waals surface area contributed by atoms with Gasteiger partial charge in [0.15, 0.2) is 5.58 Å². The van der Waals surface area contributed by atoms with Gasteiger partial charge in [-0.2, -0.15) is 0 Å². The average Bonchev–Trinajstić information content (AvgIpc) is 4.02. The van der Waals surface area contributed by atoms with Crippen molar-refractivity contribution in [3.05, 3.63) is 212 Å². The normalized spacial score (nSPS) is 11.7. The van der Waals surface area contributed by atoms with Crippen LogP contribution in [0, 0.1) is 0 Å². The molecule has 12 rings (SSSR count). The Labute approximate surface area is 345 Å². The monoisotopic (exact) mass is 769 g/mol. The fourth-order valence-corrected chi connectivity index (χ4v) is 8.84. The van der Waals surface area contributed by atoms with Gasteiger partial charge in [-0.3, -0.25) is 0 Å². The van der Waals surface area contributed by atoms with Gasteiger partial charge >= 0.3 is 0 Å². The zero-order chi connectivity index (χ0) is 39.6. The fourth-order valence-electron chi connectivity index (χ4n) is 8.84. The van der Waals surface area contributed by atoms with Crippen molar-refractivity contribution in [2.75, 3.05) is 4.90 Å². The highest BCUT2D eigenvalue weighted by atomic mass is 16.4. The Kier molecular flexibility index (Phi) is 7.78. The zero-order valence-electron chi connectivity index (χ0n) is 32.4. The molecule has 0 unspecified atom stereocenters. The summed E-state index contributed by atoms with van der Waals surface area (Å²) in [6.07, 6.45) is 0. The lowest BCUT2D eigenvalue weighted by atomic mass is 10.0. The van der Waals surface area contributed by atoms with Crippen LogP contribution in [0.15, 0.2) is 221 Å². The van der Waals surface area contributed by atoms with Gasteiger partial charge in [-0.05, 0) is 102 Å². The summed E-state index contributed by atoms with van der Waals surface area (Å²) < 4.78 is 15.5. The van der Waals surface area contributed by atoms with E-state index in [0.717, 1.165) is 83.6 Å². The Morgan fingerprint density at radius 1 is 0.400 bits per heavy atom. The van der Waals surface area contributed by atoms with Crippen LogP contribution in [-0.4, -0.2) is 9.55 Å². The van der Waals surface area contributed by atoms with Crippen LogP contribution >= 0.6 is 0 Å². The minimum absolute atomic E-state index is 0.585. The molecule has 0 amide bonds. The van der Waals surface area contributed by atoms with Crippen molar-refractivity contribution >= 4 is 71.9 Å². The molecule has 0 aliphatic carbocycles. The van der Waals surface area contributed by atoms with E-state index in [0.29, 0.717) is 5.89 Å². The summed E-state index contributed by atoms with van der Waals surface area (Å²) in [4.78, 5) is 7.37. The number of hydrogen-bond acceptors (Lipinski definition) is 4. The lowest BCUT2D eigenvalue weighted by molar-refractivity contribution is 0.622. The quantitative estimate of drug-likeness (QED) is 0.162. The van der Waals surface area contributed by atoms with Gasteiger partial charge in [-0.15, -0.1) is 0 Å². The molecule has 0 aliphatic rings. The molecule has 3 aromatic heterocycles. The van der Waals surface area contributed by atoms with Crippen LogP contribution in [0.4, 0.5) is 17.1 Å². The molecule has 0 saturated heterocycles. The minimum Gasteiger partial charge on any atom is -0.455 e. The second kappa shape index (κ2) is 13.8. The summed E-state index contributed by atoms with van der Waals surface area (Å²) in [5.41, 5.74) is 15.0. The summed E-state index contributed by atoms with van der Waals surface area (Å²) in [5, 5.41) is 4.33. The van der Waals surface area contributed by atoms with Crippen LogP contribution in [0.1, 0.15) is 0 Å². The van der Waals surface area contributed by atoms with Crippen molar-refractivity contribution in [2.24, 2.45) is 0 Å². The Balaban J connectivity index is 1.03. The number of nitrogens with zero attached hydrogens (tertiary/aromatic N) is 3. The Hall–Kier alpha value is -8.15. The Bertz CT molecular complexity index is 3530. The van der Waals surface area contributed by atoms with E-state index >= 15 is 0 Å². The maximum atomic E-state index is 6.64. The first kappa shape index (κ1) is 33.9. The lowest BCUT2D eigenvalue weighted by Crippen LogP contribution is -2.10. The lowest BCUT2D eigenvalue weighted by Gasteiger charge is -2.26. The van der Waals surface area contributed by atoms with E-state index in [-0.39, 0.29) is 0 Å². The van der Waals surface area contributed by atoms with Crippen molar-refractivity contribution in [3.63, 3.8) is 0 Å². The molecular formula is C55H35N3O2. The van der Waals surface area contributed by atoms with Gasteiger partial charge in [-0.25, -0.2) is 4.98 Å². The third-order valence-electron chi connectivity index (χ3n) is 11.6. The number of anilines is 3. The number of furan rings is 1. The number of para-hydroxylation sites is 3. The summed E-state index contributed by atoms with van der Waals surface area (Å²) in [5.74, 6) is 0.585. The van der Waals surface area contributed by atoms with Gasteiger partial charge in [0.25, 0.3) is 0 Å². The molecule has 0 fully saturated rings. The van der Waals surface area contributed by atoms with Crippen molar-refractivity contribution < 1.29 is 8.83 Å². The van der Waals surface area contributed by atoms with E-state index in [1.165, 1.54) is 21.9 Å². The summed E-state index contributed by atoms with van der Waals surface area (Å²) in [6, 6.07) is 74.6. The highest BCUT2D eigenvalue weighted by Gasteiger charge is 2.22. The highest BCUT2D eigenvalue weighted by Crippen LogP contribution is 2.44. The van der Waals surface area contributed by atoms with Crippen LogP contribution in [0.5, 0.6) is 0 Å². The molecule has 5 heteroatoms. The zero-order valence-corrected chi connectivity index (χ0v) is 32.4. The van der Waals surface area contributed by atoms with Gasteiger partial charge in [0.05, 0.1) is 16.4 Å². The number of hydrogen-bond donors (Lipinski definition) is 0. The maximum absolute atomic E-state index is 6.64. The Morgan fingerprint density at radius 3 is 1.83 bits per heavy atom. The number of rotatable bonds is 7. The molecule has 0 N–H and O–H groups in total. The standard InChI is InChI=1S/C55H35N3O2/c1-4-15-36(16-5-1)39-19-14-22-42(33-39)57(43-31-32-50-47(34-43)44-23-10-12-25-49(44)58(50)40-20-8-3-9-21-40)41-29-27-37(28-30-41)46-35-48-54(60-55(56-48)38-17-6-2-7-18-38)52-45-24-11-13-26-51(45)59-53(46)52/h1-35H. The van der Waals surface area contributed by atoms with E-state index in [1.54, 1.807) is 0 Å². The fraction of sp³-hybridized carbons (Fsp3) is 0. The molecule has 60 heavy (non-hydrogen) atoms. The first-order valence-electron chi connectivity index (χ1n) is 20.2. The third kappa shape index (κ3) is 5.52. The van der Waals surface area contributed by atoms with Crippen LogP contribution in [0.2, 0.25) is 0 Å². The molecular weight excluding hydrogens is 735 g/mol. The van der Waals surface area contributed by atoms with Gasteiger partial charge in [0.1, 0.15) is 16.7 Å². The molecule has 12 aromatic rings. The number of aromatic nitrogens is 2. The second-order valence-electron chi connectivity index (χ2n) is 15.1. The van der Waals surface area contributed by atoms with Crippen molar-refractivity contribution in [3.8, 4) is 39.4 Å². The molecule has 0 radical (unpaired) electrons. The molecule has 0 atom stereocenters. The van der Waals surface area contributed by atoms with Gasteiger partial charge < -0.3 is 18.3 Å². The predicted molar refractivity (Wildman–Crippen MR) is 247 cm³/mol. The van der Waals surface area contributed by atoms with E-state index < -0.39 is 0 Å². The van der Waals surface area contributed by atoms with Gasteiger partial charge in [0.2, 0.25) is 5.89 Å². The van der Waals surface area contributed by atoms with E-state index in [1.807, 2.05) is 48.5 Å². The minimum atomic E-state index is 0.585. The van der Waals surface area contributed by atoms with E-state index in [2.05, 4.69) is 173 Å². The summed E-state index contributed by atoms with van der Waals surface area (Å²) >= 11 is 0. The molecule has 5 nitrogen and oxygen atoms in total. The SMILES string of the molecule is c1ccc(-c2cccc(N(c3ccc(-c4cc5nc(-c6ccccc6)oc5c5c4oc4ccccc45)cc3)c3ccc4c(c3)c3ccccc3n4-c3ccccc3)c2)cc1. The molecule has 0 spiro atoms. The van der Waals surface area contributed by atoms with Crippen molar-refractivity contribution in [1.29, 1.82) is 0 Å². The van der Waals surface area contributed by atoms with Gasteiger partial charge in [0, 0.05) is 50.0 Å². The average molecular weight is 770 g/mol. The molecule has 0 aliphatic heterocycles. The molecule has 0 saturated carbocycles. The first-order valence-corrected chi connectivity index (χ1v) is 20.2. The van der Waals surface area contributed by atoms with Crippen molar-refractivity contribution in [2.45, 2.75) is 0 Å². The molecule has 0 bridgehead atoms. The largest absolute Gasteiger partial charge is 0.455 e. The topological polar surface area (TPSA) is 47.3 Å². The Morgan fingerprint density at radius 2 is 1.03 bits per heavy atom. The van der Waals surface area contributed by atoms with E-state index in [4.69, 9.17) is 13.8 Å². The van der Waals surface area contributed by atoms with Crippen LogP contribution in [0.3, 0.4) is 0 Å². The molecule has 9 aromatic carbocycles. The van der Waals surface area contributed by atoms with Gasteiger partial charge in [-0.1, -0.05) is 127 Å². The first-order chi connectivity index (χ1) is 29.7. The summed E-state index contributed by atoms with van der Waals surface area (Å²) in [7, 11) is 0. The number of fused-ring (bicyclic) bond motifs is 8. The molecule has 3 heterocycles. The van der Waals surface area contributed by atoms with Crippen LogP contribution in [0.25, 0.3) is 94.2 Å². The van der Waals surface area contributed by atoms with Crippen molar-refractivity contribution in [1.82, 2.24) is 9.55 Å². The highest BCUT2D eigenvalue weighted by molar-refractivity contribution is 6.20. The second-order valence-corrected chi connectivity index (χ2v) is 15.1. The summed E-state index contributed by atoms with van der Waals surface area (Å²) in [6.45, 7) is 0. The number of oxazole rings is 1. The molecule has 282 valence electrons. The smallest absolute Gasteiger partial charge is 0.227 e. The maximum Gasteiger partial charge on any atom is 0.227 e. The number of benzene rings is 9. The predicted octanol–water partition coefficient (Wildman–Crippen LogP) is 15.3. The third-order valence-corrected chi connectivity index (χ3v) is 11.6. The van der Waals surface area contributed by atoms with Crippen LogP contribution < -0.4 is 4.90 Å². The van der Waals surface area contributed by atoms with Crippen LogP contribution in [-0.2, 0) is 0 Å².